The predicted molar refractivity (Wildman–Crippen MR) is 58.3 cm³/mol. The fourth-order valence-electron chi connectivity index (χ4n) is 1.19. The third-order valence-electron chi connectivity index (χ3n) is 2.22. The van der Waals surface area contributed by atoms with Gasteiger partial charge in [-0.05, 0) is 24.8 Å². The number of aromatic nitrogens is 1. The molecule has 0 spiro atoms. The summed E-state index contributed by atoms with van der Waals surface area (Å²) in [5.41, 5.74) is 6.33. The molecular formula is C10H12N2OS. The van der Waals surface area contributed by atoms with Crippen LogP contribution in [0.25, 0.3) is 0 Å². The summed E-state index contributed by atoms with van der Waals surface area (Å²) in [4.78, 5) is 4.35. The fourth-order valence-corrected chi connectivity index (χ4v) is 1.36. The zero-order chi connectivity index (χ0) is 9.97. The number of ether oxygens (including phenoxy) is 1. The van der Waals surface area contributed by atoms with Crippen molar-refractivity contribution in [3.63, 3.8) is 0 Å². The molecule has 1 aromatic heterocycles. The van der Waals surface area contributed by atoms with Crippen molar-refractivity contribution in [2.24, 2.45) is 11.7 Å². The molecule has 0 aliphatic heterocycles. The van der Waals surface area contributed by atoms with Crippen LogP contribution < -0.4 is 10.5 Å². The van der Waals surface area contributed by atoms with Gasteiger partial charge in [-0.15, -0.1) is 0 Å². The Kier molecular flexibility index (Phi) is 2.63. The topological polar surface area (TPSA) is 48.1 Å². The van der Waals surface area contributed by atoms with Crippen LogP contribution in [0.2, 0.25) is 0 Å². The van der Waals surface area contributed by atoms with E-state index in [1.807, 2.05) is 0 Å². The Morgan fingerprint density at radius 2 is 2.43 bits per heavy atom. The van der Waals surface area contributed by atoms with E-state index in [1.165, 1.54) is 12.8 Å². The van der Waals surface area contributed by atoms with Crippen molar-refractivity contribution < 1.29 is 4.74 Å². The quantitative estimate of drug-likeness (QED) is 0.762. The van der Waals surface area contributed by atoms with Crippen LogP contribution in [0.1, 0.15) is 18.4 Å². The summed E-state index contributed by atoms with van der Waals surface area (Å²) in [5.74, 6) is 1.42. The summed E-state index contributed by atoms with van der Waals surface area (Å²) < 4.78 is 5.59. The van der Waals surface area contributed by atoms with E-state index < -0.39 is 0 Å². The van der Waals surface area contributed by atoms with Crippen molar-refractivity contribution in [2.75, 3.05) is 6.61 Å². The molecule has 1 saturated carbocycles. The lowest BCUT2D eigenvalue weighted by atomic mass is 10.2. The first-order chi connectivity index (χ1) is 6.77. The number of thiocarbonyl (C=S) groups is 1. The smallest absolute Gasteiger partial charge is 0.147 e. The average Bonchev–Trinajstić information content (AvgIpc) is 2.98. The van der Waals surface area contributed by atoms with Crippen LogP contribution >= 0.6 is 12.2 Å². The number of pyridine rings is 1. The molecule has 0 aromatic carbocycles. The highest BCUT2D eigenvalue weighted by Crippen LogP contribution is 2.30. The first-order valence-corrected chi connectivity index (χ1v) is 5.05. The van der Waals surface area contributed by atoms with Gasteiger partial charge in [-0.2, -0.15) is 0 Å². The van der Waals surface area contributed by atoms with E-state index in [0.29, 0.717) is 10.7 Å². The lowest BCUT2D eigenvalue weighted by molar-refractivity contribution is 0.298. The van der Waals surface area contributed by atoms with E-state index in [0.717, 1.165) is 18.1 Å². The van der Waals surface area contributed by atoms with Crippen LogP contribution in [0.4, 0.5) is 0 Å². The molecule has 1 aliphatic rings. The Morgan fingerprint density at radius 1 is 1.64 bits per heavy atom. The van der Waals surface area contributed by atoms with E-state index >= 15 is 0 Å². The van der Waals surface area contributed by atoms with Gasteiger partial charge in [0.05, 0.1) is 18.4 Å². The van der Waals surface area contributed by atoms with Gasteiger partial charge in [-0.3, -0.25) is 4.98 Å². The number of nitrogens with zero attached hydrogens (tertiary/aromatic N) is 1. The SMILES string of the molecule is NC(=S)c1ccncc1OCC1CC1. The van der Waals surface area contributed by atoms with Gasteiger partial charge in [0.25, 0.3) is 0 Å². The van der Waals surface area contributed by atoms with Crippen LogP contribution in [0.5, 0.6) is 5.75 Å². The molecule has 2 N–H and O–H groups in total. The maximum atomic E-state index is 5.59. The zero-order valence-electron chi connectivity index (χ0n) is 7.77. The first kappa shape index (κ1) is 9.40. The minimum Gasteiger partial charge on any atom is -0.491 e. The van der Waals surface area contributed by atoms with Gasteiger partial charge in [0.15, 0.2) is 0 Å². The van der Waals surface area contributed by atoms with Gasteiger partial charge in [0.1, 0.15) is 10.7 Å². The second-order valence-electron chi connectivity index (χ2n) is 3.49. The van der Waals surface area contributed by atoms with Gasteiger partial charge in [-0.1, -0.05) is 12.2 Å². The maximum Gasteiger partial charge on any atom is 0.147 e. The normalized spacial score (nSPS) is 15.1. The number of rotatable bonds is 4. The van der Waals surface area contributed by atoms with Crippen molar-refractivity contribution in [2.45, 2.75) is 12.8 Å². The van der Waals surface area contributed by atoms with Gasteiger partial charge < -0.3 is 10.5 Å². The molecular weight excluding hydrogens is 196 g/mol. The summed E-state index contributed by atoms with van der Waals surface area (Å²) in [6, 6.07) is 1.78. The summed E-state index contributed by atoms with van der Waals surface area (Å²) in [5, 5.41) is 0. The Labute approximate surface area is 88.3 Å². The predicted octanol–water partition coefficient (Wildman–Crippen LogP) is 1.50. The van der Waals surface area contributed by atoms with E-state index in [-0.39, 0.29) is 0 Å². The van der Waals surface area contributed by atoms with Gasteiger partial charge in [-0.25, -0.2) is 0 Å². The molecule has 0 atom stereocenters. The number of nitrogens with two attached hydrogens (primary N) is 1. The molecule has 2 rings (SSSR count). The van der Waals surface area contributed by atoms with Crippen molar-refractivity contribution in [3.8, 4) is 5.75 Å². The summed E-state index contributed by atoms with van der Waals surface area (Å²) in [6.07, 6.45) is 5.86. The van der Waals surface area contributed by atoms with E-state index in [9.17, 15) is 0 Å². The summed E-state index contributed by atoms with van der Waals surface area (Å²) >= 11 is 4.92. The molecule has 14 heavy (non-hydrogen) atoms. The molecule has 0 amide bonds. The number of hydrogen-bond acceptors (Lipinski definition) is 3. The Morgan fingerprint density at radius 3 is 3.07 bits per heavy atom. The van der Waals surface area contributed by atoms with Crippen molar-refractivity contribution >= 4 is 17.2 Å². The fraction of sp³-hybridized carbons (Fsp3) is 0.400. The van der Waals surface area contributed by atoms with Crippen LogP contribution in [0.3, 0.4) is 0 Å². The monoisotopic (exact) mass is 208 g/mol. The lowest BCUT2D eigenvalue weighted by Crippen LogP contribution is -2.12. The summed E-state index contributed by atoms with van der Waals surface area (Å²) in [7, 11) is 0. The highest BCUT2D eigenvalue weighted by molar-refractivity contribution is 7.80. The molecule has 74 valence electrons. The molecule has 4 heteroatoms. The molecule has 1 fully saturated rings. The van der Waals surface area contributed by atoms with Gasteiger partial charge in [0.2, 0.25) is 0 Å². The molecule has 1 aromatic rings. The number of hydrogen-bond donors (Lipinski definition) is 1. The van der Waals surface area contributed by atoms with Crippen LogP contribution in [0.15, 0.2) is 18.5 Å². The minimum atomic E-state index is 0.359. The molecule has 1 aliphatic carbocycles. The lowest BCUT2D eigenvalue weighted by Gasteiger charge is -2.08. The van der Waals surface area contributed by atoms with E-state index in [4.69, 9.17) is 22.7 Å². The maximum absolute atomic E-state index is 5.59. The molecule has 1 heterocycles. The highest BCUT2D eigenvalue weighted by atomic mass is 32.1. The first-order valence-electron chi connectivity index (χ1n) is 4.64. The van der Waals surface area contributed by atoms with Gasteiger partial charge in [0, 0.05) is 6.20 Å². The van der Waals surface area contributed by atoms with Crippen LogP contribution in [0, 0.1) is 5.92 Å². The van der Waals surface area contributed by atoms with Crippen molar-refractivity contribution in [3.05, 3.63) is 24.0 Å². The Balaban J connectivity index is 2.09. The highest BCUT2D eigenvalue weighted by Gasteiger charge is 2.22. The average molecular weight is 208 g/mol. The van der Waals surface area contributed by atoms with Gasteiger partial charge >= 0.3 is 0 Å². The molecule has 0 unspecified atom stereocenters. The standard InChI is InChI=1S/C10H12N2OS/c11-10(14)8-3-4-12-5-9(8)13-6-7-1-2-7/h3-5,7H,1-2,6H2,(H2,11,14). The Hall–Kier alpha value is -1.16. The third kappa shape index (κ3) is 2.20. The van der Waals surface area contributed by atoms with Crippen LogP contribution in [-0.2, 0) is 0 Å². The molecule has 3 nitrogen and oxygen atoms in total. The van der Waals surface area contributed by atoms with Crippen molar-refractivity contribution in [1.29, 1.82) is 0 Å². The van der Waals surface area contributed by atoms with E-state index in [1.54, 1.807) is 18.5 Å². The largest absolute Gasteiger partial charge is 0.491 e. The molecule has 0 saturated heterocycles. The van der Waals surface area contributed by atoms with Crippen LogP contribution in [-0.4, -0.2) is 16.6 Å². The molecule has 0 bridgehead atoms. The van der Waals surface area contributed by atoms with E-state index in [2.05, 4.69) is 4.98 Å². The third-order valence-corrected chi connectivity index (χ3v) is 2.44. The molecule has 0 radical (unpaired) electrons. The minimum absolute atomic E-state index is 0.359. The zero-order valence-corrected chi connectivity index (χ0v) is 8.59. The van der Waals surface area contributed by atoms with Crippen molar-refractivity contribution in [1.82, 2.24) is 4.98 Å². The second-order valence-corrected chi connectivity index (χ2v) is 3.93. The second kappa shape index (κ2) is 3.92. The summed E-state index contributed by atoms with van der Waals surface area (Å²) in [6.45, 7) is 0.751. The Bertz CT molecular complexity index is 350.